The molecule has 0 heterocycles. The van der Waals surface area contributed by atoms with Crippen molar-refractivity contribution in [2.75, 3.05) is 0 Å². The molecule has 0 N–H and O–H groups in total. The highest BCUT2D eigenvalue weighted by molar-refractivity contribution is 5.67. The van der Waals surface area contributed by atoms with Crippen LogP contribution in [0.3, 0.4) is 0 Å². The van der Waals surface area contributed by atoms with Crippen molar-refractivity contribution >= 4 is 22.7 Å². The summed E-state index contributed by atoms with van der Waals surface area (Å²) in [6, 6.07) is 0.381. The number of nitro groups is 4. The summed E-state index contributed by atoms with van der Waals surface area (Å²) < 4.78 is 0. The van der Waals surface area contributed by atoms with Crippen LogP contribution in [-0.2, 0) is 0 Å². The molecule has 1 rings (SSSR count). The third-order valence-electron chi connectivity index (χ3n) is 1.86. The quantitative estimate of drug-likeness (QED) is 0.573. The number of rotatable bonds is 4. The monoisotopic (exact) mass is 258 g/mol. The van der Waals surface area contributed by atoms with Crippen molar-refractivity contribution in [3.05, 3.63) is 52.6 Å². The summed E-state index contributed by atoms with van der Waals surface area (Å²) in [5, 5.41) is 42.0. The van der Waals surface area contributed by atoms with E-state index < -0.39 is 42.4 Å². The summed E-state index contributed by atoms with van der Waals surface area (Å²) >= 11 is 0. The van der Waals surface area contributed by atoms with E-state index in [1.807, 2.05) is 0 Å². The predicted molar refractivity (Wildman–Crippen MR) is 53.1 cm³/mol. The van der Waals surface area contributed by atoms with Gasteiger partial charge in [0.1, 0.15) is 12.1 Å². The number of hydrogen-bond donors (Lipinski definition) is 0. The van der Waals surface area contributed by atoms with Gasteiger partial charge in [-0.2, -0.15) is 0 Å². The van der Waals surface area contributed by atoms with Gasteiger partial charge < -0.3 is 0 Å². The van der Waals surface area contributed by atoms with E-state index in [1.54, 1.807) is 0 Å². The van der Waals surface area contributed by atoms with E-state index in [0.29, 0.717) is 0 Å². The van der Waals surface area contributed by atoms with Crippen molar-refractivity contribution in [3.8, 4) is 0 Å². The lowest BCUT2D eigenvalue weighted by Gasteiger charge is -1.97. The second-order valence-electron chi connectivity index (χ2n) is 2.86. The summed E-state index contributed by atoms with van der Waals surface area (Å²) in [6.07, 6.45) is 0. The highest BCUT2D eigenvalue weighted by Gasteiger charge is 2.36. The third kappa shape index (κ3) is 2.16. The van der Waals surface area contributed by atoms with Gasteiger partial charge in [0, 0.05) is 0 Å². The molecule has 1 aromatic rings. The van der Waals surface area contributed by atoms with Crippen LogP contribution in [0.25, 0.3) is 0 Å². The van der Waals surface area contributed by atoms with Crippen molar-refractivity contribution in [1.82, 2.24) is 0 Å². The van der Waals surface area contributed by atoms with Gasteiger partial charge in [0.2, 0.25) is 0 Å². The third-order valence-corrected chi connectivity index (χ3v) is 1.86. The topological polar surface area (TPSA) is 173 Å². The molecule has 0 aromatic heterocycles. The fourth-order valence-corrected chi connectivity index (χ4v) is 1.14. The van der Waals surface area contributed by atoms with Crippen molar-refractivity contribution in [2.24, 2.45) is 0 Å². The van der Waals surface area contributed by atoms with E-state index >= 15 is 0 Å². The Morgan fingerprint density at radius 2 is 0.722 bits per heavy atom. The molecule has 0 atom stereocenters. The molecule has 12 nitrogen and oxygen atoms in total. The van der Waals surface area contributed by atoms with Crippen LogP contribution in [-0.4, -0.2) is 19.7 Å². The Balaban J connectivity index is 3.71. The van der Waals surface area contributed by atoms with Gasteiger partial charge in [0.25, 0.3) is 0 Å². The van der Waals surface area contributed by atoms with Crippen LogP contribution in [0.5, 0.6) is 0 Å². The van der Waals surface area contributed by atoms with E-state index in [1.165, 1.54) is 0 Å². The average Bonchev–Trinajstić information content (AvgIpc) is 2.26. The normalized spacial score (nSPS) is 9.78. The Kier molecular flexibility index (Phi) is 3.12. The minimum absolute atomic E-state index is 0.191. The summed E-state index contributed by atoms with van der Waals surface area (Å²) in [5.41, 5.74) is -4.73. The minimum Gasteiger partial charge on any atom is -0.258 e. The van der Waals surface area contributed by atoms with Crippen molar-refractivity contribution in [3.63, 3.8) is 0 Å². The molecule has 0 aliphatic rings. The first-order valence-corrected chi connectivity index (χ1v) is 4.01. The highest BCUT2D eigenvalue weighted by Crippen LogP contribution is 2.38. The maximum absolute atomic E-state index is 10.5. The van der Waals surface area contributed by atoms with Gasteiger partial charge in [-0.15, -0.1) is 0 Å². The second-order valence-corrected chi connectivity index (χ2v) is 2.86. The standard InChI is InChI=1S/C6H2N4O8/c11-7(12)3-1-4(8(13)14)6(10(17)18)2-5(3)9(15)16/h1-2H. The van der Waals surface area contributed by atoms with Gasteiger partial charge in [0.05, 0.1) is 19.7 Å². The molecule has 1 aromatic carbocycles. The first-order chi connectivity index (χ1) is 8.25. The molecule has 94 valence electrons. The maximum Gasteiger partial charge on any atom is 0.353 e. The molecule has 0 radical (unpaired) electrons. The smallest absolute Gasteiger partial charge is 0.258 e. The Hall–Kier alpha value is -3.18. The van der Waals surface area contributed by atoms with Crippen molar-refractivity contribution < 1.29 is 19.7 Å². The van der Waals surface area contributed by atoms with Gasteiger partial charge in [0.15, 0.2) is 0 Å². The summed E-state index contributed by atoms with van der Waals surface area (Å²) in [6.45, 7) is 0. The van der Waals surface area contributed by atoms with Gasteiger partial charge in [-0.1, -0.05) is 0 Å². The fraction of sp³-hybridized carbons (Fsp3) is 0. The molecular weight excluding hydrogens is 256 g/mol. The van der Waals surface area contributed by atoms with Gasteiger partial charge in [-0.3, -0.25) is 40.5 Å². The van der Waals surface area contributed by atoms with Crippen LogP contribution < -0.4 is 0 Å². The van der Waals surface area contributed by atoms with E-state index in [-0.39, 0.29) is 12.1 Å². The van der Waals surface area contributed by atoms with E-state index in [0.717, 1.165) is 0 Å². The summed E-state index contributed by atoms with van der Waals surface area (Å²) in [7, 11) is 0. The van der Waals surface area contributed by atoms with Crippen LogP contribution in [0.4, 0.5) is 22.7 Å². The zero-order valence-corrected chi connectivity index (χ0v) is 8.21. The largest absolute Gasteiger partial charge is 0.353 e. The van der Waals surface area contributed by atoms with Gasteiger partial charge >= 0.3 is 22.7 Å². The highest BCUT2D eigenvalue weighted by atomic mass is 16.6. The first-order valence-electron chi connectivity index (χ1n) is 4.01. The number of benzene rings is 1. The molecule has 12 heteroatoms. The number of nitrogens with zero attached hydrogens (tertiary/aromatic N) is 4. The Morgan fingerprint density at radius 3 is 0.833 bits per heavy atom. The van der Waals surface area contributed by atoms with Gasteiger partial charge in [-0.05, 0) is 0 Å². The molecule has 0 aliphatic heterocycles. The van der Waals surface area contributed by atoms with Gasteiger partial charge in [-0.25, -0.2) is 0 Å². The van der Waals surface area contributed by atoms with Crippen LogP contribution in [0.1, 0.15) is 0 Å². The molecular formula is C6H2N4O8. The molecule has 0 amide bonds. The second kappa shape index (κ2) is 4.36. The Bertz CT molecular complexity index is 483. The molecule has 0 saturated carbocycles. The van der Waals surface area contributed by atoms with Crippen molar-refractivity contribution in [1.29, 1.82) is 0 Å². The molecule has 0 unspecified atom stereocenters. The maximum atomic E-state index is 10.5. The summed E-state index contributed by atoms with van der Waals surface area (Å²) in [5.74, 6) is 0. The Morgan fingerprint density at radius 1 is 0.556 bits per heavy atom. The predicted octanol–water partition coefficient (Wildman–Crippen LogP) is 1.32. The first kappa shape index (κ1) is 12.9. The lowest BCUT2D eigenvalue weighted by atomic mass is 10.2. The van der Waals surface area contributed by atoms with Crippen LogP contribution in [0, 0.1) is 40.5 Å². The molecule has 0 aliphatic carbocycles. The average molecular weight is 258 g/mol. The minimum atomic E-state index is -1.23. The Labute approximate surface area is 96.0 Å². The molecule has 18 heavy (non-hydrogen) atoms. The zero-order chi connectivity index (χ0) is 14.0. The molecule has 0 fully saturated rings. The number of nitro benzene ring substituents is 4. The molecule has 0 saturated heterocycles. The van der Waals surface area contributed by atoms with Crippen LogP contribution >= 0.6 is 0 Å². The lowest BCUT2D eigenvalue weighted by molar-refractivity contribution is -0.434. The summed E-state index contributed by atoms with van der Waals surface area (Å²) in [4.78, 5) is 37.1. The van der Waals surface area contributed by atoms with Crippen LogP contribution in [0.2, 0.25) is 0 Å². The SMILES string of the molecule is O=[N+]([O-])c1cc([N+](=O)[O-])c([N+](=O)[O-])cc1[N+](=O)[O-]. The van der Waals surface area contributed by atoms with E-state index in [9.17, 15) is 40.5 Å². The van der Waals surface area contributed by atoms with Crippen molar-refractivity contribution in [2.45, 2.75) is 0 Å². The molecule has 0 bridgehead atoms. The zero-order valence-electron chi connectivity index (χ0n) is 8.21. The van der Waals surface area contributed by atoms with Crippen LogP contribution in [0.15, 0.2) is 12.1 Å². The fourth-order valence-electron chi connectivity index (χ4n) is 1.14. The lowest BCUT2D eigenvalue weighted by Crippen LogP contribution is -2.02. The van der Waals surface area contributed by atoms with E-state index in [4.69, 9.17) is 0 Å². The van der Waals surface area contributed by atoms with E-state index in [2.05, 4.69) is 0 Å². The number of hydrogen-bond acceptors (Lipinski definition) is 8. The molecule has 0 spiro atoms.